The molecule has 0 N–H and O–H groups in total. The number of fused-ring (bicyclic) bond motifs is 2. The fraction of sp³-hybridized carbons (Fsp3) is 0.292. The van der Waals surface area contributed by atoms with Crippen LogP contribution in [0.3, 0.4) is 0 Å². The average molecular weight is 388 g/mol. The van der Waals surface area contributed by atoms with Gasteiger partial charge in [-0.1, -0.05) is 42.5 Å². The molecule has 1 saturated heterocycles. The van der Waals surface area contributed by atoms with Crippen LogP contribution in [0.2, 0.25) is 0 Å². The number of piperazine rings is 1. The van der Waals surface area contributed by atoms with Gasteiger partial charge in [-0.25, -0.2) is 0 Å². The topological polar surface area (TPSA) is 42.0 Å². The summed E-state index contributed by atoms with van der Waals surface area (Å²) < 4.78 is 10.7. The van der Waals surface area contributed by atoms with Gasteiger partial charge >= 0.3 is 0 Å². The quantitative estimate of drug-likeness (QED) is 0.678. The lowest BCUT2D eigenvalue weighted by Crippen LogP contribution is -2.49. The van der Waals surface area contributed by atoms with Gasteiger partial charge in [0.05, 0.1) is 0 Å². The highest BCUT2D eigenvalue weighted by Crippen LogP contribution is 2.33. The van der Waals surface area contributed by atoms with Crippen molar-refractivity contribution in [2.24, 2.45) is 0 Å². The van der Waals surface area contributed by atoms with Crippen LogP contribution in [0.4, 0.5) is 0 Å². The van der Waals surface area contributed by atoms with Crippen LogP contribution in [0.15, 0.2) is 60.7 Å². The Hall–Kier alpha value is -3.05. The third kappa shape index (κ3) is 3.32. The van der Waals surface area contributed by atoms with E-state index in [2.05, 4.69) is 54.3 Å². The summed E-state index contributed by atoms with van der Waals surface area (Å²) in [6.07, 6.45) is 0. The molecule has 0 bridgehead atoms. The molecule has 3 aromatic carbocycles. The molecular formula is C24H24N2O3. The number of amides is 1. The molecule has 0 aliphatic carbocycles. The molecular weight excluding hydrogens is 364 g/mol. The lowest BCUT2D eigenvalue weighted by molar-refractivity contribution is 0.0583. The summed E-state index contributed by atoms with van der Waals surface area (Å²) in [5.74, 6) is 1.41. The molecule has 1 fully saturated rings. The van der Waals surface area contributed by atoms with Crippen molar-refractivity contribution in [3.63, 3.8) is 0 Å². The highest BCUT2D eigenvalue weighted by Gasteiger charge is 2.27. The minimum absolute atomic E-state index is 0.0563. The zero-order chi connectivity index (χ0) is 19.8. The van der Waals surface area contributed by atoms with Gasteiger partial charge in [-0.05, 0) is 41.5 Å². The van der Waals surface area contributed by atoms with Gasteiger partial charge in [-0.15, -0.1) is 0 Å². The van der Waals surface area contributed by atoms with E-state index < -0.39 is 0 Å². The standard InChI is InChI=1S/C24H24N2O3/c1-17(20-8-4-6-18-5-2-3-7-21(18)20)25-11-13-26(14-12-25)24(27)19-9-10-22-23(15-19)29-16-28-22/h2-10,15,17H,11-14,16H2,1H3. The van der Waals surface area contributed by atoms with Crippen LogP contribution < -0.4 is 9.47 Å². The van der Waals surface area contributed by atoms with Crippen LogP contribution in [0, 0.1) is 0 Å². The van der Waals surface area contributed by atoms with Crippen molar-refractivity contribution in [3.05, 3.63) is 71.8 Å². The number of hydrogen-bond donors (Lipinski definition) is 0. The SMILES string of the molecule is CC(c1cccc2ccccc12)N1CCN(C(=O)c2ccc3c(c2)OCO3)CC1. The summed E-state index contributed by atoms with van der Waals surface area (Å²) in [6, 6.07) is 20.8. The highest BCUT2D eigenvalue weighted by molar-refractivity contribution is 5.95. The Morgan fingerprint density at radius 3 is 2.52 bits per heavy atom. The van der Waals surface area contributed by atoms with Crippen molar-refractivity contribution in [3.8, 4) is 11.5 Å². The first-order chi connectivity index (χ1) is 14.2. The Balaban J connectivity index is 1.28. The summed E-state index contributed by atoms with van der Waals surface area (Å²) >= 11 is 0. The maximum Gasteiger partial charge on any atom is 0.254 e. The van der Waals surface area contributed by atoms with Crippen LogP contribution in [-0.2, 0) is 0 Å². The van der Waals surface area contributed by atoms with Crippen molar-refractivity contribution in [1.82, 2.24) is 9.80 Å². The molecule has 1 atom stereocenters. The van der Waals surface area contributed by atoms with Crippen molar-refractivity contribution >= 4 is 16.7 Å². The Bertz CT molecular complexity index is 1050. The van der Waals surface area contributed by atoms with Crippen molar-refractivity contribution in [2.45, 2.75) is 13.0 Å². The molecule has 0 radical (unpaired) electrons. The minimum Gasteiger partial charge on any atom is -0.454 e. The molecule has 148 valence electrons. The van der Waals surface area contributed by atoms with Crippen molar-refractivity contribution < 1.29 is 14.3 Å². The number of ether oxygens (including phenoxy) is 2. The molecule has 2 heterocycles. The first-order valence-electron chi connectivity index (χ1n) is 10.1. The van der Waals surface area contributed by atoms with E-state index in [0.717, 1.165) is 26.2 Å². The van der Waals surface area contributed by atoms with Crippen LogP contribution in [0.5, 0.6) is 11.5 Å². The van der Waals surface area contributed by atoms with Gasteiger partial charge in [-0.2, -0.15) is 0 Å². The Morgan fingerprint density at radius 1 is 0.897 bits per heavy atom. The third-order valence-electron chi connectivity index (χ3n) is 6.04. The molecule has 1 amide bonds. The third-order valence-corrected chi connectivity index (χ3v) is 6.04. The zero-order valence-electron chi connectivity index (χ0n) is 16.5. The maximum absolute atomic E-state index is 12.9. The van der Waals surface area contributed by atoms with E-state index in [1.165, 1.54) is 16.3 Å². The number of carbonyl (C=O) groups excluding carboxylic acids is 1. The summed E-state index contributed by atoms with van der Waals surface area (Å²) in [6.45, 7) is 5.65. The van der Waals surface area contributed by atoms with Gasteiger partial charge in [0.25, 0.3) is 5.91 Å². The number of hydrogen-bond acceptors (Lipinski definition) is 4. The van der Waals surface area contributed by atoms with Gasteiger partial charge in [0.1, 0.15) is 0 Å². The maximum atomic E-state index is 12.9. The number of benzene rings is 3. The number of carbonyl (C=O) groups is 1. The Morgan fingerprint density at radius 2 is 1.66 bits per heavy atom. The first-order valence-corrected chi connectivity index (χ1v) is 10.1. The normalized spacial score (nSPS) is 17.5. The fourth-order valence-electron chi connectivity index (χ4n) is 4.34. The van der Waals surface area contributed by atoms with Gasteiger partial charge in [0.2, 0.25) is 6.79 Å². The fourth-order valence-corrected chi connectivity index (χ4v) is 4.34. The summed E-state index contributed by atoms with van der Waals surface area (Å²) in [4.78, 5) is 17.3. The molecule has 0 saturated carbocycles. The van der Waals surface area contributed by atoms with Crippen LogP contribution in [-0.4, -0.2) is 48.7 Å². The molecule has 29 heavy (non-hydrogen) atoms. The first kappa shape index (κ1) is 18.0. The van der Waals surface area contributed by atoms with Crippen LogP contribution in [0.1, 0.15) is 28.9 Å². The van der Waals surface area contributed by atoms with E-state index in [9.17, 15) is 4.79 Å². The van der Waals surface area contributed by atoms with Gasteiger partial charge in [-0.3, -0.25) is 9.69 Å². The molecule has 2 aliphatic rings. The average Bonchev–Trinajstić information content (AvgIpc) is 3.26. The van der Waals surface area contributed by atoms with E-state index in [0.29, 0.717) is 23.1 Å². The zero-order valence-corrected chi connectivity index (χ0v) is 16.5. The van der Waals surface area contributed by atoms with Gasteiger partial charge < -0.3 is 14.4 Å². The van der Waals surface area contributed by atoms with Crippen molar-refractivity contribution in [2.75, 3.05) is 33.0 Å². The predicted octanol–water partition coefficient (Wildman–Crippen LogP) is 4.09. The van der Waals surface area contributed by atoms with E-state index in [1.54, 1.807) is 6.07 Å². The highest BCUT2D eigenvalue weighted by atomic mass is 16.7. The number of nitrogens with zero attached hydrogens (tertiary/aromatic N) is 2. The Kier molecular flexibility index (Phi) is 4.60. The molecule has 5 nitrogen and oxygen atoms in total. The second kappa shape index (κ2) is 7.41. The lowest BCUT2D eigenvalue weighted by Gasteiger charge is -2.38. The molecule has 3 aromatic rings. The van der Waals surface area contributed by atoms with E-state index >= 15 is 0 Å². The molecule has 5 rings (SSSR count). The van der Waals surface area contributed by atoms with Gasteiger partial charge in [0, 0.05) is 37.8 Å². The minimum atomic E-state index is 0.0563. The Labute approximate surface area is 170 Å². The molecule has 0 spiro atoms. The molecule has 0 aromatic heterocycles. The lowest BCUT2D eigenvalue weighted by atomic mass is 9.98. The second-order valence-electron chi connectivity index (χ2n) is 7.64. The number of rotatable bonds is 3. The molecule has 5 heteroatoms. The second-order valence-corrected chi connectivity index (χ2v) is 7.64. The monoisotopic (exact) mass is 388 g/mol. The molecule has 1 unspecified atom stereocenters. The van der Waals surface area contributed by atoms with E-state index in [1.807, 2.05) is 17.0 Å². The van der Waals surface area contributed by atoms with E-state index in [4.69, 9.17) is 9.47 Å². The largest absolute Gasteiger partial charge is 0.454 e. The molecule has 2 aliphatic heterocycles. The summed E-state index contributed by atoms with van der Waals surface area (Å²) in [5.41, 5.74) is 2.00. The van der Waals surface area contributed by atoms with Crippen molar-refractivity contribution in [1.29, 1.82) is 0 Å². The van der Waals surface area contributed by atoms with Gasteiger partial charge in [0.15, 0.2) is 11.5 Å². The van der Waals surface area contributed by atoms with Crippen LogP contribution >= 0.6 is 0 Å². The summed E-state index contributed by atoms with van der Waals surface area (Å²) in [5, 5.41) is 2.58. The predicted molar refractivity (Wildman–Crippen MR) is 112 cm³/mol. The van der Waals surface area contributed by atoms with E-state index in [-0.39, 0.29) is 12.7 Å². The summed E-state index contributed by atoms with van der Waals surface area (Å²) in [7, 11) is 0. The smallest absolute Gasteiger partial charge is 0.254 e. The van der Waals surface area contributed by atoms with Crippen LogP contribution in [0.25, 0.3) is 10.8 Å².